The molecule has 2 aliphatic rings. The fraction of sp³-hybridized carbons (Fsp3) is 0.667. The third kappa shape index (κ3) is 5.81. The molecule has 0 radical (unpaired) electrons. The molecule has 0 aliphatic carbocycles. The standard InChI is InChI=1S/C21H34N4O.HI/c1-21(2,25-11-9-18-7-5-6-8-19(18)14-25)16-23-20(22-3)24(4)13-17-10-12-26-15-17;/h5-8,17H,9-16H2,1-4H3,(H,22,23);1H. The van der Waals surface area contributed by atoms with Gasteiger partial charge in [0, 0.05) is 58.3 Å². The minimum Gasteiger partial charge on any atom is -0.381 e. The number of guanidine groups is 1. The Hall–Kier alpha value is -0.860. The van der Waals surface area contributed by atoms with E-state index in [1.807, 2.05) is 7.05 Å². The van der Waals surface area contributed by atoms with Gasteiger partial charge in [0.05, 0.1) is 6.61 Å². The van der Waals surface area contributed by atoms with Crippen LogP contribution in [0.25, 0.3) is 0 Å². The van der Waals surface area contributed by atoms with Gasteiger partial charge in [-0.05, 0) is 37.8 Å². The first-order chi connectivity index (χ1) is 12.5. The van der Waals surface area contributed by atoms with Crippen molar-refractivity contribution >= 4 is 29.9 Å². The van der Waals surface area contributed by atoms with Gasteiger partial charge in [-0.2, -0.15) is 0 Å². The Bertz CT molecular complexity index is 628. The fourth-order valence-corrected chi connectivity index (χ4v) is 4.01. The van der Waals surface area contributed by atoms with Crippen LogP contribution in [0.3, 0.4) is 0 Å². The molecule has 0 spiro atoms. The number of nitrogens with one attached hydrogen (secondary N) is 1. The van der Waals surface area contributed by atoms with Gasteiger partial charge in [-0.15, -0.1) is 24.0 Å². The van der Waals surface area contributed by atoms with E-state index in [1.54, 1.807) is 0 Å². The van der Waals surface area contributed by atoms with Crippen molar-refractivity contribution in [3.05, 3.63) is 35.4 Å². The maximum atomic E-state index is 5.50. The van der Waals surface area contributed by atoms with E-state index in [1.165, 1.54) is 11.1 Å². The van der Waals surface area contributed by atoms with Gasteiger partial charge in [-0.1, -0.05) is 24.3 Å². The molecule has 1 aromatic carbocycles. The predicted octanol–water partition coefficient (Wildman–Crippen LogP) is 2.99. The lowest BCUT2D eigenvalue weighted by Gasteiger charge is -2.42. The topological polar surface area (TPSA) is 40.1 Å². The Morgan fingerprint density at radius 2 is 2.07 bits per heavy atom. The van der Waals surface area contributed by atoms with Crippen LogP contribution in [0.4, 0.5) is 0 Å². The molecule has 3 rings (SSSR count). The zero-order valence-corrected chi connectivity index (χ0v) is 19.5. The highest BCUT2D eigenvalue weighted by atomic mass is 127. The van der Waals surface area contributed by atoms with Crippen molar-refractivity contribution in [2.75, 3.05) is 46.9 Å². The van der Waals surface area contributed by atoms with Crippen LogP contribution in [0.5, 0.6) is 0 Å². The van der Waals surface area contributed by atoms with Crippen molar-refractivity contribution in [2.24, 2.45) is 10.9 Å². The number of nitrogens with zero attached hydrogens (tertiary/aromatic N) is 3. The van der Waals surface area contributed by atoms with Gasteiger partial charge in [-0.3, -0.25) is 9.89 Å². The zero-order chi connectivity index (χ0) is 18.6. The second kappa shape index (κ2) is 10.1. The molecule has 0 bridgehead atoms. The van der Waals surface area contributed by atoms with Crippen molar-refractivity contribution < 1.29 is 4.74 Å². The van der Waals surface area contributed by atoms with E-state index in [2.05, 4.69) is 65.3 Å². The van der Waals surface area contributed by atoms with Crippen molar-refractivity contribution in [3.8, 4) is 0 Å². The smallest absolute Gasteiger partial charge is 0.193 e. The summed E-state index contributed by atoms with van der Waals surface area (Å²) in [6, 6.07) is 8.83. The quantitative estimate of drug-likeness (QED) is 0.395. The lowest BCUT2D eigenvalue weighted by Crippen LogP contribution is -2.55. The molecule has 2 heterocycles. The molecule has 6 heteroatoms. The Morgan fingerprint density at radius 1 is 1.33 bits per heavy atom. The number of aliphatic imine (C=N–C) groups is 1. The maximum absolute atomic E-state index is 5.50. The van der Waals surface area contributed by atoms with Gasteiger partial charge in [0.25, 0.3) is 0 Å². The summed E-state index contributed by atoms with van der Waals surface area (Å²) >= 11 is 0. The second-order valence-corrected chi connectivity index (χ2v) is 8.26. The van der Waals surface area contributed by atoms with Gasteiger partial charge in [-0.25, -0.2) is 0 Å². The first kappa shape index (κ1) is 22.4. The minimum absolute atomic E-state index is 0. The summed E-state index contributed by atoms with van der Waals surface area (Å²) in [6.07, 6.45) is 2.29. The van der Waals surface area contributed by atoms with E-state index in [-0.39, 0.29) is 29.5 Å². The third-order valence-corrected chi connectivity index (χ3v) is 5.80. The van der Waals surface area contributed by atoms with E-state index in [4.69, 9.17) is 4.74 Å². The molecule has 0 amide bonds. The molecular formula is C21H35IN4O. The molecule has 1 fully saturated rings. The minimum atomic E-state index is 0. The Morgan fingerprint density at radius 3 is 2.74 bits per heavy atom. The summed E-state index contributed by atoms with van der Waals surface area (Å²) in [5, 5.41) is 3.60. The van der Waals surface area contributed by atoms with Crippen LogP contribution in [-0.4, -0.2) is 68.2 Å². The molecule has 2 aliphatic heterocycles. The van der Waals surface area contributed by atoms with Crippen molar-refractivity contribution in [2.45, 2.75) is 38.8 Å². The van der Waals surface area contributed by atoms with Gasteiger partial charge in [0.15, 0.2) is 5.96 Å². The van der Waals surface area contributed by atoms with E-state index in [0.717, 1.165) is 58.2 Å². The average molecular weight is 486 g/mol. The van der Waals surface area contributed by atoms with E-state index >= 15 is 0 Å². The largest absolute Gasteiger partial charge is 0.381 e. The van der Waals surface area contributed by atoms with Crippen LogP contribution in [0.15, 0.2) is 29.3 Å². The number of halogens is 1. The molecule has 5 nitrogen and oxygen atoms in total. The van der Waals surface area contributed by atoms with Crippen molar-refractivity contribution in [1.29, 1.82) is 0 Å². The van der Waals surface area contributed by atoms with Crippen molar-refractivity contribution in [3.63, 3.8) is 0 Å². The molecule has 1 unspecified atom stereocenters. The lowest BCUT2D eigenvalue weighted by atomic mass is 9.94. The predicted molar refractivity (Wildman–Crippen MR) is 123 cm³/mol. The number of fused-ring (bicyclic) bond motifs is 1. The molecule has 0 saturated carbocycles. The molecule has 1 aromatic rings. The first-order valence-electron chi connectivity index (χ1n) is 9.81. The van der Waals surface area contributed by atoms with E-state index < -0.39 is 0 Å². The normalized spacial score (nSPS) is 20.7. The molecule has 152 valence electrons. The molecule has 1 saturated heterocycles. The van der Waals surface area contributed by atoms with Crippen LogP contribution in [0.1, 0.15) is 31.4 Å². The van der Waals surface area contributed by atoms with Crippen LogP contribution in [0.2, 0.25) is 0 Å². The monoisotopic (exact) mass is 486 g/mol. The summed E-state index contributed by atoms with van der Waals surface area (Å²) in [7, 11) is 3.99. The SMILES string of the molecule is CN=C(NCC(C)(C)N1CCc2ccccc2C1)N(C)CC1CCOC1.I. The summed E-state index contributed by atoms with van der Waals surface area (Å²) < 4.78 is 5.50. The number of benzene rings is 1. The summed E-state index contributed by atoms with van der Waals surface area (Å²) in [4.78, 5) is 9.31. The van der Waals surface area contributed by atoms with Crippen LogP contribution < -0.4 is 5.32 Å². The number of hydrogen-bond donors (Lipinski definition) is 1. The third-order valence-electron chi connectivity index (χ3n) is 5.80. The van der Waals surface area contributed by atoms with E-state index in [9.17, 15) is 0 Å². The summed E-state index contributed by atoms with van der Waals surface area (Å²) in [5.41, 5.74) is 3.04. The summed E-state index contributed by atoms with van der Waals surface area (Å²) in [6.45, 7) is 10.4. The number of ether oxygens (including phenoxy) is 1. The van der Waals surface area contributed by atoms with Gasteiger partial charge in [0.2, 0.25) is 0 Å². The Kier molecular flexibility index (Phi) is 8.37. The number of rotatable bonds is 5. The van der Waals surface area contributed by atoms with Gasteiger partial charge in [0.1, 0.15) is 0 Å². The fourth-order valence-electron chi connectivity index (χ4n) is 4.01. The molecule has 0 aromatic heterocycles. The highest BCUT2D eigenvalue weighted by molar-refractivity contribution is 14.0. The molecule has 1 atom stereocenters. The van der Waals surface area contributed by atoms with E-state index in [0.29, 0.717) is 5.92 Å². The average Bonchev–Trinajstić information content (AvgIpc) is 3.14. The highest BCUT2D eigenvalue weighted by Gasteiger charge is 2.30. The molecular weight excluding hydrogens is 451 g/mol. The Balaban J connectivity index is 0.00000261. The molecule has 27 heavy (non-hydrogen) atoms. The first-order valence-corrected chi connectivity index (χ1v) is 9.81. The zero-order valence-electron chi connectivity index (χ0n) is 17.2. The van der Waals surface area contributed by atoms with Crippen molar-refractivity contribution in [1.82, 2.24) is 15.1 Å². The van der Waals surface area contributed by atoms with Crippen LogP contribution in [-0.2, 0) is 17.7 Å². The van der Waals surface area contributed by atoms with Gasteiger partial charge < -0.3 is 15.0 Å². The van der Waals surface area contributed by atoms with Crippen LogP contribution >= 0.6 is 24.0 Å². The van der Waals surface area contributed by atoms with Gasteiger partial charge >= 0.3 is 0 Å². The lowest BCUT2D eigenvalue weighted by molar-refractivity contribution is 0.106. The Labute approximate surface area is 181 Å². The second-order valence-electron chi connectivity index (χ2n) is 8.26. The number of hydrogen-bond acceptors (Lipinski definition) is 3. The highest BCUT2D eigenvalue weighted by Crippen LogP contribution is 2.25. The maximum Gasteiger partial charge on any atom is 0.193 e. The van der Waals surface area contributed by atoms with Crippen LogP contribution in [0, 0.1) is 5.92 Å². The summed E-state index contributed by atoms with van der Waals surface area (Å²) in [5.74, 6) is 1.59. The molecule has 1 N–H and O–H groups in total.